The average molecular weight is 297 g/mol. The summed E-state index contributed by atoms with van der Waals surface area (Å²) in [4.78, 5) is 13.6. The molecule has 1 amide bonds. The summed E-state index contributed by atoms with van der Waals surface area (Å²) in [5, 5.41) is 3.10. The number of hydrogen-bond acceptors (Lipinski definition) is 5. The molecule has 0 aromatic heterocycles. The molecule has 6 nitrogen and oxygen atoms in total. The van der Waals surface area contributed by atoms with Crippen LogP contribution in [0, 0.1) is 0 Å². The number of para-hydroxylation sites is 1. The number of nitrogens with two attached hydrogens (primary N) is 1. The van der Waals surface area contributed by atoms with Crippen molar-refractivity contribution in [2.24, 2.45) is 5.73 Å². The van der Waals surface area contributed by atoms with Gasteiger partial charge >= 0.3 is 0 Å². The lowest BCUT2D eigenvalue weighted by Gasteiger charge is -2.36. The van der Waals surface area contributed by atoms with Crippen molar-refractivity contribution in [3.05, 3.63) is 24.3 Å². The lowest BCUT2D eigenvalue weighted by molar-refractivity contribution is -0.119. The van der Waals surface area contributed by atoms with Gasteiger partial charge in [0.2, 0.25) is 5.91 Å². The van der Waals surface area contributed by atoms with Crippen LogP contribution in [0.5, 0.6) is 0 Å². The Kier molecular flexibility index (Phi) is 4.29. The van der Waals surface area contributed by atoms with Crippen molar-refractivity contribution in [3.63, 3.8) is 0 Å². The van der Waals surface area contributed by atoms with Crippen molar-refractivity contribution in [1.82, 2.24) is 5.32 Å². The molecule has 1 saturated heterocycles. The number of sulfone groups is 1. The van der Waals surface area contributed by atoms with Gasteiger partial charge in [-0.15, -0.1) is 0 Å². The minimum atomic E-state index is -3.34. The second-order valence-electron chi connectivity index (χ2n) is 4.69. The minimum absolute atomic E-state index is 0.0251. The summed E-state index contributed by atoms with van der Waals surface area (Å²) < 4.78 is 24.4. The molecule has 1 aromatic carbocycles. The zero-order valence-corrected chi connectivity index (χ0v) is 12.2. The van der Waals surface area contributed by atoms with Gasteiger partial charge in [-0.1, -0.05) is 19.1 Å². The molecule has 0 saturated carbocycles. The van der Waals surface area contributed by atoms with Crippen LogP contribution in [0.4, 0.5) is 5.69 Å². The molecule has 3 N–H and O–H groups in total. The van der Waals surface area contributed by atoms with Crippen LogP contribution >= 0.6 is 0 Å². The number of carbonyl (C=O) groups excluding carboxylic acids is 1. The fraction of sp³-hybridized carbons (Fsp3) is 0.462. The lowest BCUT2D eigenvalue weighted by Crippen LogP contribution is -2.57. The van der Waals surface area contributed by atoms with E-state index in [0.717, 1.165) is 0 Å². The van der Waals surface area contributed by atoms with Gasteiger partial charge in [0, 0.05) is 19.6 Å². The maximum Gasteiger partial charge on any atom is 0.241 e. The fourth-order valence-corrected chi connectivity index (χ4v) is 3.46. The zero-order chi connectivity index (χ0) is 14.8. The van der Waals surface area contributed by atoms with Gasteiger partial charge in [0.25, 0.3) is 0 Å². The molecule has 7 heteroatoms. The highest BCUT2D eigenvalue weighted by Gasteiger charge is 2.30. The highest BCUT2D eigenvalue weighted by Crippen LogP contribution is 2.28. The molecular formula is C13H19N3O3S. The summed E-state index contributed by atoms with van der Waals surface area (Å²) in [6, 6.07) is 6.23. The minimum Gasteiger partial charge on any atom is -0.368 e. The molecule has 1 atom stereocenters. The van der Waals surface area contributed by atoms with Gasteiger partial charge in [-0.3, -0.25) is 4.79 Å². The lowest BCUT2D eigenvalue weighted by atomic mass is 10.1. The van der Waals surface area contributed by atoms with Crippen LogP contribution in [0.25, 0.3) is 0 Å². The maximum absolute atomic E-state index is 12.2. The third-order valence-electron chi connectivity index (χ3n) is 3.46. The highest BCUT2D eigenvalue weighted by atomic mass is 32.2. The highest BCUT2D eigenvalue weighted by molar-refractivity contribution is 7.91. The van der Waals surface area contributed by atoms with Gasteiger partial charge in [-0.25, -0.2) is 8.42 Å². The molecule has 1 aliphatic heterocycles. The summed E-state index contributed by atoms with van der Waals surface area (Å²) in [7, 11) is -3.34. The molecule has 1 unspecified atom stereocenters. The molecule has 110 valence electrons. The number of nitrogens with zero attached hydrogens (tertiary/aromatic N) is 1. The van der Waals surface area contributed by atoms with E-state index < -0.39 is 21.8 Å². The second kappa shape index (κ2) is 5.80. The normalized spacial score (nSPS) is 19.9. The predicted molar refractivity (Wildman–Crippen MR) is 77.4 cm³/mol. The maximum atomic E-state index is 12.2. The topological polar surface area (TPSA) is 92.5 Å². The van der Waals surface area contributed by atoms with Gasteiger partial charge < -0.3 is 16.0 Å². The van der Waals surface area contributed by atoms with Crippen molar-refractivity contribution in [3.8, 4) is 0 Å². The molecule has 2 rings (SSSR count). The molecule has 20 heavy (non-hydrogen) atoms. The fourth-order valence-electron chi connectivity index (χ4n) is 2.36. The van der Waals surface area contributed by atoms with Crippen LogP contribution in [0.3, 0.4) is 0 Å². The Morgan fingerprint density at radius 1 is 1.45 bits per heavy atom. The molecule has 0 spiro atoms. The van der Waals surface area contributed by atoms with E-state index in [4.69, 9.17) is 5.73 Å². The molecule has 0 radical (unpaired) electrons. The van der Waals surface area contributed by atoms with Crippen molar-refractivity contribution < 1.29 is 13.2 Å². The Morgan fingerprint density at radius 3 is 2.80 bits per heavy atom. The SMILES string of the molecule is CCS(=O)(=O)c1ccccc1N1CCNCC1C(N)=O. The third kappa shape index (κ3) is 2.78. The average Bonchev–Trinajstić information content (AvgIpc) is 2.47. The summed E-state index contributed by atoms with van der Waals surface area (Å²) in [5.41, 5.74) is 5.97. The second-order valence-corrected chi connectivity index (χ2v) is 6.93. The molecule has 1 fully saturated rings. The number of amides is 1. The van der Waals surface area contributed by atoms with E-state index in [1.165, 1.54) is 0 Å². The van der Waals surface area contributed by atoms with E-state index >= 15 is 0 Å². The van der Waals surface area contributed by atoms with Crippen LogP contribution < -0.4 is 16.0 Å². The standard InChI is InChI=1S/C13H19N3O3S/c1-2-20(18,19)12-6-4-3-5-10(12)16-8-7-15-9-11(16)13(14)17/h3-6,11,15H,2,7-9H2,1H3,(H2,14,17). The number of benzene rings is 1. The smallest absolute Gasteiger partial charge is 0.241 e. The molecule has 0 bridgehead atoms. The Hall–Kier alpha value is -1.60. The van der Waals surface area contributed by atoms with Gasteiger partial charge in [-0.05, 0) is 12.1 Å². The first kappa shape index (κ1) is 14.8. The quantitative estimate of drug-likeness (QED) is 0.799. The van der Waals surface area contributed by atoms with E-state index in [9.17, 15) is 13.2 Å². The first-order valence-electron chi connectivity index (χ1n) is 6.56. The number of anilines is 1. The Balaban J connectivity index is 2.49. The van der Waals surface area contributed by atoms with Crippen LogP contribution in [0.15, 0.2) is 29.2 Å². The Morgan fingerprint density at radius 2 is 2.15 bits per heavy atom. The molecule has 1 aliphatic rings. The molecular weight excluding hydrogens is 278 g/mol. The van der Waals surface area contributed by atoms with Crippen molar-refractivity contribution >= 4 is 21.4 Å². The number of piperazine rings is 1. The number of hydrogen-bond donors (Lipinski definition) is 2. The molecule has 1 aromatic rings. The van der Waals surface area contributed by atoms with Crippen LogP contribution in [-0.2, 0) is 14.6 Å². The first-order valence-corrected chi connectivity index (χ1v) is 8.21. The summed E-state index contributed by atoms with van der Waals surface area (Å²) in [6.45, 7) is 3.26. The van der Waals surface area contributed by atoms with E-state index in [0.29, 0.717) is 25.3 Å². The van der Waals surface area contributed by atoms with E-state index in [1.807, 2.05) is 0 Å². The van der Waals surface area contributed by atoms with Crippen LogP contribution in [-0.4, -0.2) is 45.8 Å². The van der Waals surface area contributed by atoms with Crippen molar-refractivity contribution in [2.45, 2.75) is 17.9 Å². The van der Waals surface area contributed by atoms with E-state index in [-0.39, 0.29) is 10.6 Å². The zero-order valence-electron chi connectivity index (χ0n) is 11.4. The number of nitrogens with one attached hydrogen (secondary N) is 1. The van der Waals surface area contributed by atoms with Gasteiger partial charge in [0.05, 0.1) is 16.3 Å². The van der Waals surface area contributed by atoms with E-state index in [1.54, 1.807) is 36.1 Å². The largest absolute Gasteiger partial charge is 0.368 e. The number of carbonyl (C=O) groups is 1. The monoisotopic (exact) mass is 297 g/mol. The number of primary amides is 1. The molecule has 1 heterocycles. The van der Waals surface area contributed by atoms with Gasteiger partial charge in [-0.2, -0.15) is 0 Å². The van der Waals surface area contributed by atoms with E-state index in [2.05, 4.69) is 5.32 Å². The first-order chi connectivity index (χ1) is 9.47. The Labute approximate surface area is 118 Å². The number of rotatable bonds is 4. The summed E-state index contributed by atoms with van der Waals surface area (Å²) in [6.07, 6.45) is 0. The van der Waals surface area contributed by atoms with Gasteiger partial charge in [0.1, 0.15) is 6.04 Å². The summed E-state index contributed by atoms with van der Waals surface area (Å²) in [5.74, 6) is -0.432. The van der Waals surface area contributed by atoms with Crippen LogP contribution in [0.1, 0.15) is 6.92 Å². The third-order valence-corrected chi connectivity index (χ3v) is 5.24. The summed E-state index contributed by atoms with van der Waals surface area (Å²) >= 11 is 0. The van der Waals surface area contributed by atoms with Gasteiger partial charge in [0.15, 0.2) is 9.84 Å². The predicted octanol–water partition coefficient (Wildman–Crippen LogP) is -0.256. The Bertz CT molecular complexity index is 601. The van der Waals surface area contributed by atoms with Crippen LogP contribution in [0.2, 0.25) is 0 Å². The molecule has 0 aliphatic carbocycles. The van der Waals surface area contributed by atoms with Crippen molar-refractivity contribution in [1.29, 1.82) is 0 Å². The van der Waals surface area contributed by atoms with Crippen molar-refractivity contribution in [2.75, 3.05) is 30.3 Å².